The molecular weight excluding hydrogens is 489 g/mol. The van der Waals surface area contributed by atoms with Crippen molar-refractivity contribution in [2.45, 2.75) is 25.3 Å². The Hall–Kier alpha value is -4.73. The first-order valence-corrected chi connectivity index (χ1v) is 13.0. The van der Waals surface area contributed by atoms with Crippen LogP contribution in [0.25, 0.3) is 11.4 Å². The number of anilines is 1. The molecule has 3 N–H and O–H groups in total. The maximum Gasteiger partial charge on any atom is 0.503 e. The van der Waals surface area contributed by atoms with Crippen LogP contribution in [0.1, 0.15) is 41.3 Å². The van der Waals surface area contributed by atoms with Gasteiger partial charge < -0.3 is 20.0 Å². The summed E-state index contributed by atoms with van der Waals surface area (Å²) in [6.07, 6.45) is 8.68. The number of ether oxygens (including phenoxy) is 2. The molecule has 0 atom stereocenters. The fourth-order valence-corrected chi connectivity index (χ4v) is 5.21. The number of aromatic amines is 1. The van der Waals surface area contributed by atoms with Crippen LogP contribution in [0, 0.1) is 0 Å². The molecule has 0 bridgehead atoms. The van der Waals surface area contributed by atoms with Crippen molar-refractivity contribution in [3.63, 3.8) is 0 Å². The van der Waals surface area contributed by atoms with Crippen LogP contribution in [0.2, 0.25) is 0 Å². The lowest BCUT2D eigenvalue weighted by Gasteiger charge is -2.28. The Morgan fingerprint density at radius 3 is 2.69 bits per heavy atom. The zero-order chi connectivity index (χ0) is 26.5. The standard InChI is InChI=1S/C29H27BN7O2/c1-38-22-9-12-26(39-2)20(15-22)16-32-27-13-10-24-29(19-5-7-21(31)8-6-19)25-11-14-28(37(25)30-36(24)27)35-17-23(33-34-35)18-3-4-18/h5-15,17-18H,3-4,16H2,1-2H3,(H2,31,32)/p+1. The highest BCUT2D eigenvalue weighted by Gasteiger charge is 2.37. The molecule has 1 aliphatic carbocycles. The Bertz CT molecular complexity index is 1660. The van der Waals surface area contributed by atoms with Gasteiger partial charge in [-0.25, -0.2) is 0 Å². The predicted octanol–water partition coefficient (Wildman–Crippen LogP) is 3.59. The summed E-state index contributed by atoms with van der Waals surface area (Å²) in [5.41, 5.74) is 13.1. The third kappa shape index (κ3) is 4.08. The number of nitrogen functional groups attached to an aromatic ring is 1. The van der Waals surface area contributed by atoms with Gasteiger partial charge in [-0.05, 0) is 72.1 Å². The zero-order valence-corrected chi connectivity index (χ0v) is 21.8. The lowest BCUT2D eigenvalue weighted by Crippen LogP contribution is -2.43. The van der Waals surface area contributed by atoms with Crippen molar-refractivity contribution in [3.05, 3.63) is 101 Å². The first kappa shape index (κ1) is 23.4. The Morgan fingerprint density at radius 2 is 1.92 bits per heavy atom. The minimum Gasteiger partial charge on any atom is -0.497 e. The fourth-order valence-electron chi connectivity index (χ4n) is 5.21. The molecule has 0 spiro atoms. The Kier molecular flexibility index (Phi) is 5.54. The van der Waals surface area contributed by atoms with Crippen molar-refractivity contribution < 1.29 is 14.2 Å². The number of benzene rings is 2. The van der Waals surface area contributed by atoms with Crippen LogP contribution in [0.5, 0.6) is 11.5 Å². The van der Waals surface area contributed by atoms with Crippen molar-refractivity contribution >= 4 is 24.6 Å². The summed E-state index contributed by atoms with van der Waals surface area (Å²) < 4.78 is 15.2. The minimum atomic E-state index is 0.445. The van der Waals surface area contributed by atoms with Gasteiger partial charge in [0.05, 0.1) is 26.5 Å². The Labute approximate surface area is 227 Å². The van der Waals surface area contributed by atoms with E-state index in [-0.39, 0.29) is 0 Å². The number of allylic oxidation sites excluding steroid dienone is 1. The van der Waals surface area contributed by atoms with Crippen LogP contribution in [0.4, 0.5) is 5.69 Å². The topological polar surface area (TPSA) is 97.6 Å². The van der Waals surface area contributed by atoms with E-state index < -0.39 is 0 Å². The van der Waals surface area contributed by atoms with E-state index in [2.05, 4.69) is 69.8 Å². The molecule has 0 unspecified atom stereocenters. The van der Waals surface area contributed by atoms with Gasteiger partial charge in [0.1, 0.15) is 23.5 Å². The van der Waals surface area contributed by atoms with Crippen molar-refractivity contribution in [1.82, 2.24) is 19.6 Å². The van der Waals surface area contributed by atoms with Crippen LogP contribution in [-0.4, -0.2) is 47.2 Å². The number of aliphatic imine (C=N–C) groups is 1. The molecule has 4 heterocycles. The quantitative estimate of drug-likeness (QED) is 0.222. The molecule has 3 aliphatic rings. The smallest absolute Gasteiger partial charge is 0.497 e. The monoisotopic (exact) mass is 517 g/mol. The number of nitrogens with zero attached hydrogens (tertiary/aromatic N) is 5. The van der Waals surface area contributed by atoms with E-state index >= 15 is 0 Å². The number of H-pyrrole nitrogens is 1. The average molecular weight is 517 g/mol. The SMILES string of the molecule is COc1ccc(OC)c(CN=C2C=CC3=C(c4ccc(N)cc4)c4ccc(-[n+]5cc(C6CC6)n[nH]5)n4[B]N23)c1. The fraction of sp³-hybridized carbons (Fsp3) is 0.207. The lowest BCUT2D eigenvalue weighted by atomic mass is 9.92. The number of nitrogens with two attached hydrogens (primary N) is 1. The third-order valence-corrected chi connectivity index (χ3v) is 7.43. The summed E-state index contributed by atoms with van der Waals surface area (Å²) in [5.74, 6) is 3.92. The summed E-state index contributed by atoms with van der Waals surface area (Å²) in [6.45, 7) is 0.445. The van der Waals surface area contributed by atoms with Gasteiger partial charge in [0.15, 0.2) is 5.69 Å². The highest BCUT2D eigenvalue weighted by Crippen LogP contribution is 2.39. The summed E-state index contributed by atoms with van der Waals surface area (Å²) in [5, 5.41) is 7.74. The van der Waals surface area contributed by atoms with Crippen LogP contribution >= 0.6 is 0 Å². The van der Waals surface area contributed by atoms with Crippen LogP contribution < -0.4 is 19.9 Å². The average Bonchev–Trinajstić information content (AvgIpc) is 3.35. The predicted molar refractivity (Wildman–Crippen MR) is 150 cm³/mol. The molecule has 7 rings (SSSR count). The summed E-state index contributed by atoms with van der Waals surface area (Å²) >= 11 is 0. The van der Waals surface area contributed by atoms with E-state index in [1.807, 2.05) is 35.0 Å². The number of nitrogens with one attached hydrogen (secondary N) is 1. The van der Waals surface area contributed by atoms with Gasteiger partial charge in [-0.3, -0.25) is 9.47 Å². The summed E-state index contributed by atoms with van der Waals surface area (Å²) in [7, 11) is 5.42. The molecule has 2 aromatic heterocycles. The highest BCUT2D eigenvalue weighted by atomic mass is 16.5. The number of fused-ring (bicyclic) bond motifs is 2. The van der Waals surface area contributed by atoms with E-state index in [0.717, 1.165) is 62.6 Å². The number of hydrogen-bond donors (Lipinski definition) is 2. The lowest BCUT2D eigenvalue weighted by molar-refractivity contribution is -0.663. The molecule has 9 nitrogen and oxygen atoms in total. The van der Waals surface area contributed by atoms with Crippen molar-refractivity contribution in [3.8, 4) is 17.3 Å². The summed E-state index contributed by atoms with van der Waals surface area (Å²) in [4.78, 5) is 7.13. The summed E-state index contributed by atoms with van der Waals surface area (Å²) in [6, 6.07) is 18.0. The molecule has 1 fully saturated rings. The number of aromatic nitrogens is 4. The molecule has 1 saturated carbocycles. The van der Waals surface area contributed by atoms with E-state index in [9.17, 15) is 0 Å². The molecule has 2 aliphatic heterocycles. The van der Waals surface area contributed by atoms with E-state index in [1.54, 1.807) is 14.2 Å². The van der Waals surface area contributed by atoms with Crippen LogP contribution in [-0.2, 0) is 6.54 Å². The number of amidine groups is 1. The zero-order valence-electron chi connectivity index (χ0n) is 21.8. The van der Waals surface area contributed by atoms with Crippen LogP contribution in [0.3, 0.4) is 0 Å². The van der Waals surface area contributed by atoms with Crippen molar-refractivity contribution in [1.29, 1.82) is 0 Å². The molecule has 2 aromatic carbocycles. The molecule has 1 radical (unpaired) electrons. The van der Waals surface area contributed by atoms with E-state index in [1.165, 1.54) is 12.8 Å². The van der Waals surface area contributed by atoms with E-state index in [0.29, 0.717) is 12.5 Å². The first-order chi connectivity index (χ1) is 19.1. The van der Waals surface area contributed by atoms with Gasteiger partial charge in [0.2, 0.25) is 5.82 Å². The largest absolute Gasteiger partial charge is 0.503 e. The first-order valence-electron chi connectivity index (χ1n) is 13.0. The molecule has 0 saturated heterocycles. The van der Waals surface area contributed by atoms with Gasteiger partial charge in [-0.2, -0.15) is 0 Å². The van der Waals surface area contributed by atoms with Gasteiger partial charge in [0.25, 0.3) is 0 Å². The normalized spacial score (nSPS) is 16.9. The van der Waals surface area contributed by atoms with Crippen molar-refractivity contribution in [2.24, 2.45) is 4.99 Å². The van der Waals surface area contributed by atoms with Crippen LogP contribution in [0.15, 0.2) is 83.6 Å². The van der Waals surface area contributed by atoms with Gasteiger partial charge in [0, 0.05) is 34.5 Å². The second kappa shape index (κ2) is 9.23. The molecular formula is C29H28BN7O2+. The number of hydrogen-bond acceptors (Lipinski definition) is 5. The molecule has 39 heavy (non-hydrogen) atoms. The molecule has 0 amide bonds. The number of methoxy groups -OCH3 is 2. The molecule has 10 heteroatoms. The third-order valence-electron chi connectivity index (χ3n) is 7.43. The van der Waals surface area contributed by atoms with Gasteiger partial charge >= 0.3 is 7.55 Å². The minimum absolute atomic E-state index is 0.445. The van der Waals surface area contributed by atoms with Gasteiger partial charge in [-0.15, -0.1) is 9.90 Å². The second-order valence-corrected chi connectivity index (χ2v) is 9.91. The Morgan fingerprint density at radius 1 is 1.08 bits per heavy atom. The number of rotatable bonds is 7. The highest BCUT2D eigenvalue weighted by molar-refractivity contribution is 6.41. The van der Waals surface area contributed by atoms with E-state index in [4.69, 9.17) is 20.2 Å². The molecule has 193 valence electrons. The molecule has 4 aromatic rings. The second-order valence-electron chi connectivity index (χ2n) is 9.91. The van der Waals surface area contributed by atoms with Gasteiger partial charge in [-0.1, -0.05) is 12.1 Å². The Balaban J connectivity index is 1.30. The maximum atomic E-state index is 6.03. The van der Waals surface area contributed by atoms with Crippen molar-refractivity contribution in [2.75, 3.05) is 20.0 Å². The maximum absolute atomic E-state index is 6.03.